The van der Waals surface area contributed by atoms with Gasteiger partial charge in [-0.05, 0) is 50.0 Å². The van der Waals surface area contributed by atoms with Gasteiger partial charge < -0.3 is 9.80 Å². The largest absolute Gasteiger partial charge is 0.419 e. The van der Waals surface area contributed by atoms with Gasteiger partial charge in [-0.2, -0.15) is 18.3 Å². The highest BCUT2D eigenvalue weighted by Crippen LogP contribution is 2.28. The van der Waals surface area contributed by atoms with Crippen LogP contribution in [0.4, 0.5) is 23.5 Å². The second-order valence-corrected chi connectivity index (χ2v) is 10.3. The fourth-order valence-corrected chi connectivity index (χ4v) is 4.68. The standard InChI is InChI=1S/C30H27F4N7O2/c1-39(2)9-3-4-19-5-7-22-23(14-19)26(37-38-27(22)42)16-20-6-8-25(31)24(15-20)28(43)40-10-12-41(13-11-40)29-35-17-21(18-36-29)30(32,33)34/h5-8,14-15,17-18H,9-13,16H2,1-2H3,(H,38,42). The molecule has 0 radical (unpaired) electrons. The lowest BCUT2D eigenvalue weighted by Gasteiger charge is -2.34. The number of halogens is 4. The van der Waals surface area contributed by atoms with Crippen molar-refractivity contribution < 1.29 is 22.4 Å². The quantitative estimate of drug-likeness (QED) is 0.280. The van der Waals surface area contributed by atoms with Crippen molar-refractivity contribution >= 4 is 22.6 Å². The Labute approximate surface area is 244 Å². The molecule has 1 N–H and O–H groups in total. The minimum atomic E-state index is -4.54. The summed E-state index contributed by atoms with van der Waals surface area (Å²) in [6.07, 6.45) is -2.87. The maximum absolute atomic E-state index is 14.9. The average Bonchev–Trinajstić information content (AvgIpc) is 2.99. The lowest BCUT2D eigenvalue weighted by Crippen LogP contribution is -2.49. The zero-order chi connectivity index (χ0) is 30.7. The molecule has 0 bridgehead atoms. The lowest BCUT2D eigenvalue weighted by molar-refractivity contribution is -0.138. The highest BCUT2D eigenvalue weighted by Gasteiger charge is 2.32. The van der Waals surface area contributed by atoms with Crippen LogP contribution in [0.1, 0.15) is 32.7 Å². The summed E-state index contributed by atoms with van der Waals surface area (Å²) in [4.78, 5) is 38.4. The van der Waals surface area contributed by atoms with Crippen LogP contribution >= 0.6 is 0 Å². The van der Waals surface area contributed by atoms with Crippen LogP contribution in [-0.2, 0) is 12.6 Å². The van der Waals surface area contributed by atoms with E-state index < -0.39 is 23.5 Å². The molecule has 0 atom stereocenters. The number of aromatic nitrogens is 4. The molecule has 13 heteroatoms. The number of rotatable bonds is 5. The molecule has 1 fully saturated rings. The first kappa shape index (κ1) is 29.7. The van der Waals surface area contributed by atoms with E-state index >= 15 is 0 Å². The lowest BCUT2D eigenvalue weighted by atomic mass is 10.0. The Kier molecular flexibility index (Phi) is 8.40. The Morgan fingerprint density at radius 2 is 1.74 bits per heavy atom. The van der Waals surface area contributed by atoms with Crippen molar-refractivity contribution in [1.29, 1.82) is 0 Å². The number of aromatic amines is 1. The van der Waals surface area contributed by atoms with E-state index in [0.717, 1.165) is 18.0 Å². The van der Waals surface area contributed by atoms with Crippen LogP contribution in [0.15, 0.2) is 53.6 Å². The highest BCUT2D eigenvalue weighted by atomic mass is 19.4. The zero-order valence-electron chi connectivity index (χ0n) is 23.4. The van der Waals surface area contributed by atoms with Gasteiger partial charge in [-0.3, -0.25) is 14.5 Å². The predicted molar refractivity (Wildman–Crippen MR) is 152 cm³/mol. The molecule has 0 saturated carbocycles. The van der Waals surface area contributed by atoms with Crippen LogP contribution in [0, 0.1) is 17.7 Å². The third-order valence-electron chi connectivity index (χ3n) is 6.94. The van der Waals surface area contributed by atoms with Gasteiger partial charge in [0.25, 0.3) is 11.5 Å². The number of nitrogens with one attached hydrogen (secondary N) is 1. The van der Waals surface area contributed by atoms with Gasteiger partial charge in [0.2, 0.25) is 5.95 Å². The van der Waals surface area contributed by atoms with E-state index in [2.05, 4.69) is 32.0 Å². The Morgan fingerprint density at radius 3 is 2.42 bits per heavy atom. The number of carbonyl (C=O) groups is 1. The molecule has 0 aliphatic carbocycles. The van der Waals surface area contributed by atoms with E-state index in [4.69, 9.17) is 0 Å². The van der Waals surface area contributed by atoms with E-state index in [1.54, 1.807) is 29.2 Å². The fourth-order valence-electron chi connectivity index (χ4n) is 4.68. The summed E-state index contributed by atoms with van der Waals surface area (Å²) in [5, 5.41) is 7.78. The third kappa shape index (κ3) is 6.81. The Balaban J connectivity index is 1.32. The topological polar surface area (TPSA) is 98.3 Å². The second kappa shape index (κ2) is 12.2. The van der Waals surface area contributed by atoms with Crippen LogP contribution in [-0.4, -0.2) is 82.7 Å². The molecule has 2 aromatic carbocycles. The molecule has 222 valence electrons. The van der Waals surface area contributed by atoms with Crippen molar-refractivity contribution in [2.45, 2.75) is 12.6 Å². The van der Waals surface area contributed by atoms with Crippen LogP contribution in [0.2, 0.25) is 0 Å². The van der Waals surface area contributed by atoms with Crippen LogP contribution < -0.4 is 10.5 Å². The third-order valence-corrected chi connectivity index (χ3v) is 6.94. The normalized spacial score (nSPS) is 13.7. The van der Waals surface area contributed by atoms with Gasteiger partial charge in [0.1, 0.15) is 5.82 Å². The minimum absolute atomic E-state index is 0.110. The molecule has 5 rings (SSSR count). The summed E-state index contributed by atoms with van der Waals surface area (Å²) in [7, 11) is 3.83. The SMILES string of the molecule is CN(C)CC#Cc1ccc2c(=O)[nH]nc(Cc3ccc(F)c(C(=O)N4CCN(c5ncc(C(F)(F)F)cn5)CC4)c3)c2c1. The van der Waals surface area contributed by atoms with Gasteiger partial charge in [0.05, 0.1) is 28.8 Å². The number of H-pyrrole nitrogens is 1. The molecule has 43 heavy (non-hydrogen) atoms. The molecule has 4 aromatic rings. The molecular formula is C30H27F4N7O2. The summed E-state index contributed by atoms with van der Waals surface area (Å²) >= 11 is 0. The number of benzene rings is 2. The van der Waals surface area contributed by atoms with E-state index in [0.29, 0.717) is 28.6 Å². The van der Waals surface area contributed by atoms with Gasteiger partial charge in [0.15, 0.2) is 0 Å². The predicted octanol–water partition coefficient (Wildman–Crippen LogP) is 3.34. The molecule has 1 amide bonds. The molecule has 9 nitrogen and oxygen atoms in total. The monoisotopic (exact) mass is 593 g/mol. The number of hydrogen-bond donors (Lipinski definition) is 1. The number of anilines is 1. The number of amides is 1. The first-order chi connectivity index (χ1) is 20.5. The summed E-state index contributed by atoms with van der Waals surface area (Å²) in [6.45, 7) is 1.52. The number of piperazine rings is 1. The van der Waals surface area contributed by atoms with Crippen LogP contribution in [0.5, 0.6) is 0 Å². The molecule has 1 saturated heterocycles. The Bertz CT molecular complexity index is 1770. The van der Waals surface area contributed by atoms with E-state index in [9.17, 15) is 27.2 Å². The van der Waals surface area contributed by atoms with Gasteiger partial charge in [-0.15, -0.1) is 0 Å². The summed E-state index contributed by atoms with van der Waals surface area (Å²) in [5.41, 5.74) is 0.481. The maximum Gasteiger partial charge on any atom is 0.419 e. The number of alkyl halides is 3. The number of nitrogens with zero attached hydrogens (tertiary/aromatic N) is 6. The molecule has 1 aliphatic rings. The van der Waals surface area contributed by atoms with E-state index in [-0.39, 0.29) is 49.7 Å². The molecule has 2 aromatic heterocycles. The summed E-state index contributed by atoms with van der Waals surface area (Å²) < 4.78 is 53.3. The minimum Gasteiger partial charge on any atom is -0.337 e. The van der Waals surface area contributed by atoms with Gasteiger partial charge >= 0.3 is 6.18 Å². The first-order valence-electron chi connectivity index (χ1n) is 13.4. The second-order valence-electron chi connectivity index (χ2n) is 10.3. The molecule has 0 spiro atoms. The van der Waals surface area contributed by atoms with Gasteiger partial charge in [-0.1, -0.05) is 17.9 Å². The first-order valence-corrected chi connectivity index (χ1v) is 13.4. The molecule has 0 unspecified atom stereocenters. The fraction of sp³-hybridized carbons (Fsp3) is 0.300. The number of hydrogen-bond acceptors (Lipinski definition) is 7. The van der Waals surface area contributed by atoms with E-state index in [1.165, 1.54) is 17.0 Å². The average molecular weight is 594 g/mol. The number of fused-ring (bicyclic) bond motifs is 1. The van der Waals surface area contributed by atoms with Crippen molar-refractivity contribution in [3.05, 3.63) is 92.9 Å². The van der Waals surface area contributed by atoms with Crippen molar-refractivity contribution in [3.8, 4) is 11.8 Å². The van der Waals surface area contributed by atoms with Crippen LogP contribution in [0.3, 0.4) is 0 Å². The van der Waals surface area contributed by atoms with Gasteiger partial charge in [-0.25, -0.2) is 19.5 Å². The van der Waals surface area contributed by atoms with Crippen molar-refractivity contribution in [1.82, 2.24) is 30.0 Å². The molecule has 1 aliphatic heterocycles. The van der Waals surface area contributed by atoms with Gasteiger partial charge in [0, 0.05) is 55.9 Å². The maximum atomic E-state index is 14.9. The smallest absolute Gasteiger partial charge is 0.337 e. The highest BCUT2D eigenvalue weighted by molar-refractivity contribution is 5.95. The van der Waals surface area contributed by atoms with Crippen molar-refractivity contribution in [3.63, 3.8) is 0 Å². The van der Waals surface area contributed by atoms with Crippen molar-refractivity contribution in [2.75, 3.05) is 51.7 Å². The zero-order valence-corrected chi connectivity index (χ0v) is 23.4. The Hall–Kier alpha value is -4.83. The Morgan fingerprint density at radius 1 is 1.02 bits per heavy atom. The summed E-state index contributed by atoms with van der Waals surface area (Å²) in [5.74, 6) is 5.08. The molecular weight excluding hydrogens is 566 g/mol. The van der Waals surface area contributed by atoms with E-state index in [1.807, 2.05) is 19.0 Å². The molecule has 3 heterocycles. The number of carbonyl (C=O) groups excluding carboxylic acids is 1. The van der Waals surface area contributed by atoms with Crippen LogP contribution in [0.25, 0.3) is 10.8 Å². The van der Waals surface area contributed by atoms with Crippen molar-refractivity contribution in [2.24, 2.45) is 0 Å². The summed E-state index contributed by atoms with van der Waals surface area (Å²) in [6, 6.07) is 9.51.